The molecule has 0 amide bonds. The van der Waals surface area contributed by atoms with Gasteiger partial charge in [0.05, 0.1) is 0 Å². The van der Waals surface area contributed by atoms with E-state index in [-0.39, 0.29) is 0 Å². The van der Waals surface area contributed by atoms with Crippen LogP contribution in [0.3, 0.4) is 0 Å². The zero-order chi connectivity index (χ0) is 8.69. The topological polar surface area (TPSA) is 24.4 Å². The SMILES string of the molecule is C=CC(=C)/C(=C\C=NC)NC. The van der Waals surface area contributed by atoms with Crippen LogP contribution in [0.15, 0.2) is 41.6 Å². The van der Waals surface area contributed by atoms with Gasteiger partial charge in [0.15, 0.2) is 0 Å². The van der Waals surface area contributed by atoms with E-state index in [1.165, 1.54) is 0 Å². The minimum Gasteiger partial charge on any atom is -0.388 e. The first kappa shape index (κ1) is 9.69. The predicted octanol–water partition coefficient (Wildman–Crippen LogP) is 1.53. The van der Waals surface area contributed by atoms with Crippen LogP contribution in [0.25, 0.3) is 0 Å². The summed E-state index contributed by atoms with van der Waals surface area (Å²) in [5.41, 5.74) is 1.80. The molecule has 0 saturated carbocycles. The molecule has 0 saturated heterocycles. The van der Waals surface area contributed by atoms with Crippen molar-refractivity contribution in [2.75, 3.05) is 14.1 Å². The Morgan fingerprint density at radius 3 is 2.55 bits per heavy atom. The van der Waals surface area contributed by atoms with Crippen molar-refractivity contribution in [1.29, 1.82) is 0 Å². The molecule has 11 heavy (non-hydrogen) atoms. The standard InChI is InChI=1S/C9H14N2/c1-5-8(2)9(11-4)6-7-10-3/h5-7,11H,1-2H2,3-4H3/b9-6+,10-7?. The number of nitrogens with one attached hydrogen (secondary N) is 1. The number of hydrogen-bond acceptors (Lipinski definition) is 2. The molecule has 1 N–H and O–H groups in total. The number of likely N-dealkylation sites (N-methyl/N-ethyl adjacent to an activating group) is 1. The van der Waals surface area contributed by atoms with E-state index in [2.05, 4.69) is 23.5 Å². The van der Waals surface area contributed by atoms with Crippen molar-refractivity contribution >= 4 is 6.21 Å². The van der Waals surface area contributed by atoms with Gasteiger partial charge in [0, 0.05) is 26.0 Å². The molecule has 0 aliphatic rings. The third-order valence-electron chi connectivity index (χ3n) is 1.25. The molecule has 0 atom stereocenters. The Labute approximate surface area is 68.0 Å². The Kier molecular flexibility index (Phi) is 4.82. The van der Waals surface area contributed by atoms with Crippen molar-refractivity contribution in [3.05, 3.63) is 36.6 Å². The first-order valence-corrected chi connectivity index (χ1v) is 3.38. The monoisotopic (exact) mass is 150 g/mol. The summed E-state index contributed by atoms with van der Waals surface area (Å²) in [5.74, 6) is 0. The average Bonchev–Trinajstić information content (AvgIpc) is 2.05. The summed E-state index contributed by atoms with van der Waals surface area (Å²) in [7, 11) is 3.56. The maximum atomic E-state index is 3.82. The molecule has 0 fully saturated rings. The van der Waals surface area contributed by atoms with Crippen molar-refractivity contribution in [3.8, 4) is 0 Å². The maximum Gasteiger partial charge on any atom is 0.0420 e. The molecule has 0 aromatic rings. The second-order valence-electron chi connectivity index (χ2n) is 1.97. The van der Waals surface area contributed by atoms with Gasteiger partial charge in [0.2, 0.25) is 0 Å². The molecule has 60 valence electrons. The molecule has 0 bridgehead atoms. The average molecular weight is 150 g/mol. The third kappa shape index (κ3) is 3.40. The van der Waals surface area contributed by atoms with Gasteiger partial charge in [0.25, 0.3) is 0 Å². The molecule has 0 unspecified atom stereocenters. The zero-order valence-electron chi connectivity index (χ0n) is 7.09. The second kappa shape index (κ2) is 5.47. The van der Waals surface area contributed by atoms with Crippen molar-refractivity contribution < 1.29 is 0 Å². The summed E-state index contributed by atoms with van der Waals surface area (Å²) in [5, 5.41) is 2.99. The van der Waals surface area contributed by atoms with E-state index in [4.69, 9.17) is 0 Å². The summed E-state index contributed by atoms with van der Waals surface area (Å²) in [6, 6.07) is 0. The van der Waals surface area contributed by atoms with Gasteiger partial charge in [-0.25, -0.2) is 0 Å². The van der Waals surface area contributed by atoms with Crippen molar-refractivity contribution in [2.45, 2.75) is 0 Å². The largest absolute Gasteiger partial charge is 0.388 e. The fourth-order valence-electron chi connectivity index (χ4n) is 0.610. The lowest BCUT2D eigenvalue weighted by Gasteiger charge is -2.03. The van der Waals surface area contributed by atoms with Gasteiger partial charge in [0.1, 0.15) is 0 Å². The van der Waals surface area contributed by atoms with Gasteiger partial charge in [-0.1, -0.05) is 19.2 Å². The van der Waals surface area contributed by atoms with E-state index in [0.29, 0.717) is 0 Å². The Bertz CT molecular complexity index is 200. The molecule has 0 aromatic heterocycles. The molecule has 2 nitrogen and oxygen atoms in total. The van der Waals surface area contributed by atoms with Crippen LogP contribution in [0.5, 0.6) is 0 Å². The summed E-state index contributed by atoms with van der Waals surface area (Å²) in [6.45, 7) is 7.40. The molecule has 0 aliphatic heterocycles. The minimum absolute atomic E-state index is 0.868. The summed E-state index contributed by atoms with van der Waals surface area (Å²) in [6.07, 6.45) is 5.26. The van der Waals surface area contributed by atoms with Crippen LogP contribution in [0.1, 0.15) is 0 Å². The summed E-state index contributed by atoms with van der Waals surface area (Å²) >= 11 is 0. The van der Waals surface area contributed by atoms with E-state index in [1.54, 1.807) is 19.3 Å². The Morgan fingerprint density at radius 1 is 1.55 bits per heavy atom. The zero-order valence-corrected chi connectivity index (χ0v) is 7.09. The molecular formula is C9H14N2. The van der Waals surface area contributed by atoms with E-state index in [1.807, 2.05) is 13.1 Å². The molecule has 0 heterocycles. The van der Waals surface area contributed by atoms with Crippen LogP contribution >= 0.6 is 0 Å². The molecule has 0 spiro atoms. The molecular weight excluding hydrogens is 136 g/mol. The molecule has 0 aliphatic carbocycles. The lowest BCUT2D eigenvalue weighted by Crippen LogP contribution is -2.06. The third-order valence-corrected chi connectivity index (χ3v) is 1.25. The van der Waals surface area contributed by atoms with Crippen LogP contribution in [0, 0.1) is 0 Å². The van der Waals surface area contributed by atoms with Gasteiger partial charge >= 0.3 is 0 Å². The van der Waals surface area contributed by atoms with Crippen LogP contribution in [-0.4, -0.2) is 20.3 Å². The molecule has 0 aromatic carbocycles. The number of rotatable bonds is 4. The molecule has 0 rings (SSSR count). The van der Waals surface area contributed by atoms with E-state index >= 15 is 0 Å². The quantitative estimate of drug-likeness (QED) is 0.477. The van der Waals surface area contributed by atoms with Crippen LogP contribution in [0.2, 0.25) is 0 Å². The fourth-order valence-corrected chi connectivity index (χ4v) is 0.610. The highest BCUT2D eigenvalue weighted by molar-refractivity contribution is 5.73. The lowest BCUT2D eigenvalue weighted by molar-refractivity contribution is 1.02. The first-order chi connectivity index (χ1) is 5.26. The van der Waals surface area contributed by atoms with Gasteiger partial charge in [-0.3, -0.25) is 4.99 Å². The van der Waals surface area contributed by atoms with E-state index in [0.717, 1.165) is 11.3 Å². The Balaban J connectivity index is 4.38. The fraction of sp³-hybridized carbons (Fsp3) is 0.222. The van der Waals surface area contributed by atoms with Crippen LogP contribution < -0.4 is 5.32 Å². The normalized spacial score (nSPS) is 11.6. The van der Waals surface area contributed by atoms with Gasteiger partial charge in [-0.2, -0.15) is 0 Å². The summed E-state index contributed by atoms with van der Waals surface area (Å²) in [4.78, 5) is 3.82. The highest BCUT2D eigenvalue weighted by atomic mass is 14.8. The van der Waals surface area contributed by atoms with Gasteiger partial charge in [-0.05, 0) is 11.6 Å². The Morgan fingerprint density at radius 2 is 2.18 bits per heavy atom. The van der Waals surface area contributed by atoms with Crippen molar-refractivity contribution in [1.82, 2.24) is 5.32 Å². The second-order valence-corrected chi connectivity index (χ2v) is 1.97. The smallest absolute Gasteiger partial charge is 0.0420 e. The highest BCUT2D eigenvalue weighted by Crippen LogP contribution is 2.02. The van der Waals surface area contributed by atoms with Crippen LogP contribution in [-0.2, 0) is 0 Å². The number of allylic oxidation sites excluding steroid dienone is 2. The van der Waals surface area contributed by atoms with E-state index in [9.17, 15) is 0 Å². The van der Waals surface area contributed by atoms with Crippen LogP contribution in [0.4, 0.5) is 0 Å². The first-order valence-electron chi connectivity index (χ1n) is 3.38. The van der Waals surface area contributed by atoms with Gasteiger partial charge in [-0.15, -0.1) is 0 Å². The van der Waals surface area contributed by atoms with Crippen molar-refractivity contribution in [3.63, 3.8) is 0 Å². The highest BCUT2D eigenvalue weighted by Gasteiger charge is 1.91. The predicted molar refractivity (Wildman–Crippen MR) is 50.9 cm³/mol. The lowest BCUT2D eigenvalue weighted by atomic mass is 10.2. The summed E-state index contributed by atoms with van der Waals surface area (Å²) < 4.78 is 0. The van der Waals surface area contributed by atoms with E-state index < -0.39 is 0 Å². The minimum atomic E-state index is 0.868. The number of hydrogen-bond donors (Lipinski definition) is 1. The van der Waals surface area contributed by atoms with Crippen molar-refractivity contribution in [2.24, 2.45) is 4.99 Å². The number of aliphatic imine (C=N–C) groups is 1. The number of nitrogens with zero attached hydrogens (tertiary/aromatic N) is 1. The maximum absolute atomic E-state index is 3.82. The van der Waals surface area contributed by atoms with Gasteiger partial charge < -0.3 is 5.32 Å². The Hall–Kier alpha value is -1.31. The molecule has 0 radical (unpaired) electrons. The molecule has 2 heteroatoms.